The molecule has 1 aromatic heterocycles. The van der Waals surface area contributed by atoms with Gasteiger partial charge in [0.25, 0.3) is 0 Å². The molecular weight excluding hydrogens is 198 g/mol. The molecule has 0 fully saturated rings. The fourth-order valence-electron chi connectivity index (χ4n) is 1.84. The first kappa shape index (κ1) is 13.1. The third kappa shape index (κ3) is 3.91. The molecule has 1 rings (SSSR count). The van der Waals surface area contributed by atoms with Gasteiger partial charge >= 0.3 is 0 Å². The molecule has 1 N–H and O–H groups in total. The molecule has 3 heteroatoms. The third-order valence-corrected chi connectivity index (χ3v) is 2.77. The minimum atomic E-state index is 0.418. The Hall–Kier alpha value is -0.930. The maximum Gasteiger partial charge on any atom is 0.0350 e. The molecule has 90 valence electrons. The number of rotatable bonds is 6. The van der Waals surface area contributed by atoms with Gasteiger partial charge in [-0.05, 0) is 57.7 Å². The predicted molar refractivity (Wildman–Crippen MR) is 68.6 cm³/mol. The molecule has 16 heavy (non-hydrogen) atoms. The Morgan fingerprint density at radius 1 is 1.44 bits per heavy atom. The molecule has 1 unspecified atom stereocenters. The molecule has 0 aliphatic rings. The van der Waals surface area contributed by atoms with Gasteiger partial charge in [-0.3, -0.25) is 4.98 Å². The molecule has 0 saturated carbocycles. The Bertz CT molecular complexity index is 310. The predicted octanol–water partition coefficient (Wildman–Crippen LogP) is 1.99. The SMILES string of the molecule is CCNC(CCN(C)C)c1cnccc1C. The highest BCUT2D eigenvalue weighted by atomic mass is 15.1. The monoisotopic (exact) mass is 221 g/mol. The molecule has 3 nitrogen and oxygen atoms in total. The van der Waals surface area contributed by atoms with E-state index in [2.05, 4.69) is 49.2 Å². The van der Waals surface area contributed by atoms with Crippen molar-refractivity contribution in [3.8, 4) is 0 Å². The first-order valence-corrected chi connectivity index (χ1v) is 5.93. The van der Waals surface area contributed by atoms with Crippen molar-refractivity contribution in [2.45, 2.75) is 26.3 Å². The van der Waals surface area contributed by atoms with Gasteiger partial charge in [0.15, 0.2) is 0 Å². The van der Waals surface area contributed by atoms with Gasteiger partial charge in [-0.25, -0.2) is 0 Å². The van der Waals surface area contributed by atoms with E-state index < -0.39 is 0 Å². The summed E-state index contributed by atoms with van der Waals surface area (Å²) in [5.41, 5.74) is 2.64. The Balaban J connectivity index is 2.73. The summed E-state index contributed by atoms with van der Waals surface area (Å²) in [4.78, 5) is 6.44. The zero-order valence-electron chi connectivity index (χ0n) is 10.8. The summed E-state index contributed by atoms with van der Waals surface area (Å²) in [6, 6.07) is 2.50. The Labute approximate surface area is 98.9 Å². The van der Waals surface area contributed by atoms with Crippen LogP contribution in [0.2, 0.25) is 0 Å². The van der Waals surface area contributed by atoms with E-state index in [0.717, 1.165) is 19.5 Å². The van der Waals surface area contributed by atoms with Crippen LogP contribution in [0.5, 0.6) is 0 Å². The highest BCUT2D eigenvalue weighted by Gasteiger charge is 2.12. The van der Waals surface area contributed by atoms with E-state index in [1.54, 1.807) is 0 Å². The number of hydrogen-bond acceptors (Lipinski definition) is 3. The fourth-order valence-corrected chi connectivity index (χ4v) is 1.84. The summed E-state index contributed by atoms with van der Waals surface area (Å²) in [6.07, 6.45) is 4.96. The highest BCUT2D eigenvalue weighted by Crippen LogP contribution is 2.19. The zero-order valence-corrected chi connectivity index (χ0v) is 10.8. The summed E-state index contributed by atoms with van der Waals surface area (Å²) >= 11 is 0. The van der Waals surface area contributed by atoms with Crippen molar-refractivity contribution < 1.29 is 0 Å². The van der Waals surface area contributed by atoms with Crippen molar-refractivity contribution in [1.29, 1.82) is 0 Å². The average Bonchev–Trinajstić information content (AvgIpc) is 2.25. The molecule has 0 saturated heterocycles. The van der Waals surface area contributed by atoms with Gasteiger partial charge in [0.2, 0.25) is 0 Å². The lowest BCUT2D eigenvalue weighted by Gasteiger charge is -2.21. The van der Waals surface area contributed by atoms with Gasteiger partial charge in [0.1, 0.15) is 0 Å². The van der Waals surface area contributed by atoms with Gasteiger partial charge in [0.05, 0.1) is 0 Å². The normalized spacial score (nSPS) is 13.1. The maximum absolute atomic E-state index is 4.22. The summed E-state index contributed by atoms with van der Waals surface area (Å²) in [5.74, 6) is 0. The number of nitrogens with zero attached hydrogens (tertiary/aromatic N) is 2. The van der Waals surface area contributed by atoms with E-state index in [1.165, 1.54) is 11.1 Å². The van der Waals surface area contributed by atoms with Crippen LogP contribution in [0.1, 0.15) is 30.5 Å². The van der Waals surface area contributed by atoms with E-state index >= 15 is 0 Å². The van der Waals surface area contributed by atoms with Crippen molar-refractivity contribution in [3.05, 3.63) is 29.6 Å². The zero-order chi connectivity index (χ0) is 12.0. The lowest BCUT2D eigenvalue weighted by atomic mass is 10.0. The van der Waals surface area contributed by atoms with Crippen molar-refractivity contribution in [1.82, 2.24) is 15.2 Å². The standard InChI is InChI=1S/C13H23N3/c1-5-15-13(7-9-16(3)4)12-10-14-8-6-11(12)2/h6,8,10,13,15H,5,7,9H2,1-4H3. The van der Waals surface area contributed by atoms with E-state index in [0.29, 0.717) is 6.04 Å². The summed E-state index contributed by atoms with van der Waals surface area (Å²) in [6.45, 7) is 6.38. The second-order valence-corrected chi connectivity index (χ2v) is 4.43. The minimum absolute atomic E-state index is 0.418. The lowest BCUT2D eigenvalue weighted by molar-refractivity contribution is 0.362. The van der Waals surface area contributed by atoms with E-state index in [4.69, 9.17) is 0 Å². The first-order chi connectivity index (χ1) is 7.65. The number of aromatic nitrogens is 1. The molecule has 1 aromatic rings. The number of hydrogen-bond donors (Lipinski definition) is 1. The summed E-state index contributed by atoms with van der Waals surface area (Å²) in [5, 5.41) is 3.53. The van der Waals surface area contributed by atoms with Crippen LogP contribution in [0.4, 0.5) is 0 Å². The fraction of sp³-hybridized carbons (Fsp3) is 0.615. The molecular formula is C13H23N3. The van der Waals surface area contributed by atoms with E-state index in [-0.39, 0.29) is 0 Å². The highest BCUT2D eigenvalue weighted by molar-refractivity contribution is 5.25. The number of pyridine rings is 1. The first-order valence-electron chi connectivity index (χ1n) is 5.93. The van der Waals surface area contributed by atoms with Crippen molar-refractivity contribution in [2.24, 2.45) is 0 Å². The van der Waals surface area contributed by atoms with Gasteiger partial charge in [-0.15, -0.1) is 0 Å². The summed E-state index contributed by atoms with van der Waals surface area (Å²) in [7, 11) is 4.22. The minimum Gasteiger partial charge on any atom is -0.310 e. The number of aryl methyl sites for hydroxylation is 1. The Kier molecular flexibility index (Phi) is 5.43. The molecule has 0 bridgehead atoms. The molecule has 0 spiro atoms. The van der Waals surface area contributed by atoms with Gasteiger partial charge in [0, 0.05) is 18.4 Å². The second-order valence-electron chi connectivity index (χ2n) is 4.43. The van der Waals surface area contributed by atoms with Crippen LogP contribution in [-0.2, 0) is 0 Å². The largest absolute Gasteiger partial charge is 0.310 e. The average molecular weight is 221 g/mol. The number of nitrogens with one attached hydrogen (secondary N) is 1. The van der Waals surface area contributed by atoms with Crippen LogP contribution in [0.3, 0.4) is 0 Å². The second kappa shape index (κ2) is 6.61. The van der Waals surface area contributed by atoms with Gasteiger partial charge < -0.3 is 10.2 Å². The van der Waals surface area contributed by atoms with Gasteiger partial charge in [-0.2, -0.15) is 0 Å². The van der Waals surface area contributed by atoms with Crippen LogP contribution in [0, 0.1) is 6.92 Å². The van der Waals surface area contributed by atoms with Crippen molar-refractivity contribution >= 4 is 0 Å². The van der Waals surface area contributed by atoms with Crippen LogP contribution in [0.15, 0.2) is 18.5 Å². The molecule has 0 amide bonds. The molecule has 0 aromatic carbocycles. The Morgan fingerprint density at radius 2 is 2.19 bits per heavy atom. The van der Waals surface area contributed by atoms with Crippen LogP contribution >= 0.6 is 0 Å². The van der Waals surface area contributed by atoms with E-state index in [1.807, 2.05) is 12.4 Å². The molecule has 0 aliphatic heterocycles. The molecule has 0 radical (unpaired) electrons. The third-order valence-electron chi connectivity index (χ3n) is 2.77. The molecule has 0 aliphatic carbocycles. The Morgan fingerprint density at radius 3 is 2.75 bits per heavy atom. The van der Waals surface area contributed by atoms with Crippen molar-refractivity contribution in [2.75, 3.05) is 27.2 Å². The molecule has 1 heterocycles. The van der Waals surface area contributed by atoms with E-state index in [9.17, 15) is 0 Å². The maximum atomic E-state index is 4.22. The van der Waals surface area contributed by atoms with Crippen LogP contribution in [-0.4, -0.2) is 37.1 Å². The quantitative estimate of drug-likeness (QED) is 0.796. The lowest BCUT2D eigenvalue weighted by Crippen LogP contribution is -2.26. The molecule has 1 atom stereocenters. The van der Waals surface area contributed by atoms with Gasteiger partial charge in [-0.1, -0.05) is 6.92 Å². The van der Waals surface area contributed by atoms with Crippen LogP contribution in [0.25, 0.3) is 0 Å². The smallest absolute Gasteiger partial charge is 0.0350 e. The topological polar surface area (TPSA) is 28.2 Å². The van der Waals surface area contributed by atoms with Crippen molar-refractivity contribution in [3.63, 3.8) is 0 Å². The summed E-state index contributed by atoms with van der Waals surface area (Å²) < 4.78 is 0. The van der Waals surface area contributed by atoms with Crippen LogP contribution < -0.4 is 5.32 Å².